The molecule has 4 heteroatoms. The van der Waals surface area contributed by atoms with Gasteiger partial charge in [0.15, 0.2) is 0 Å². The predicted octanol–water partition coefficient (Wildman–Crippen LogP) is 1.94. The van der Waals surface area contributed by atoms with Crippen LogP contribution in [-0.2, 0) is 24.6 Å². The van der Waals surface area contributed by atoms with Crippen molar-refractivity contribution < 1.29 is 34.5 Å². The summed E-state index contributed by atoms with van der Waals surface area (Å²) < 4.78 is 0. The van der Waals surface area contributed by atoms with E-state index in [-0.39, 0.29) is 0 Å². The van der Waals surface area contributed by atoms with Crippen LogP contribution in [0.25, 0.3) is 0 Å². The Bertz CT molecular complexity index is 275. The molecule has 0 aromatic heterocycles. The van der Waals surface area contributed by atoms with Gasteiger partial charge in [-0.05, 0) is 0 Å². The molecular formula is C7H5HgO2S. The first-order valence-electron chi connectivity index (χ1n) is 3.00. The van der Waals surface area contributed by atoms with E-state index >= 15 is 0 Å². The topological polar surface area (TPSA) is 37.3 Å². The third kappa shape index (κ3) is 2.20. The zero-order chi connectivity index (χ0) is 8.27. The van der Waals surface area contributed by atoms with Gasteiger partial charge < -0.3 is 0 Å². The van der Waals surface area contributed by atoms with Crippen LogP contribution in [0.4, 0.5) is 0 Å². The molecule has 1 rings (SSSR count). The second kappa shape index (κ2) is 4.11. The van der Waals surface area contributed by atoms with Gasteiger partial charge in [0.2, 0.25) is 0 Å². The first kappa shape index (κ1) is 9.07. The van der Waals surface area contributed by atoms with Crippen molar-refractivity contribution in [3.63, 3.8) is 0 Å². The molecule has 0 aliphatic heterocycles. The Morgan fingerprint density at radius 3 is 2.55 bits per heavy atom. The van der Waals surface area contributed by atoms with Crippen LogP contribution >= 0.6 is 8.24 Å². The van der Waals surface area contributed by atoms with Crippen molar-refractivity contribution in [1.29, 1.82) is 0 Å². The van der Waals surface area contributed by atoms with Gasteiger partial charge in [-0.1, -0.05) is 0 Å². The first-order chi connectivity index (χ1) is 5.25. The summed E-state index contributed by atoms with van der Waals surface area (Å²) in [4.78, 5) is 11.5. The van der Waals surface area contributed by atoms with Crippen LogP contribution in [0.2, 0.25) is 0 Å². The van der Waals surface area contributed by atoms with Crippen LogP contribution in [-0.4, -0.2) is 11.1 Å². The van der Waals surface area contributed by atoms with Crippen LogP contribution < -0.4 is 0 Å². The fourth-order valence-corrected chi connectivity index (χ4v) is 4.19. The van der Waals surface area contributed by atoms with Gasteiger partial charge in [0, 0.05) is 0 Å². The van der Waals surface area contributed by atoms with E-state index in [1.807, 2.05) is 12.1 Å². The van der Waals surface area contributed by atoms with Crippen molar-refractivity contribution in [3.8, 4) is 0 Å². The Hall–Kier alpha value is -0.0249. The zero-order valence-electron chi connectivity index (χ0n) is 5.78. The van der Waals surface area contributed by atoms with Crippen molar-refractivity contribution in [1.82, 2.24) is 0 Å². The molecule has 0 unspecified atom stereocenters. The quantitative estimate of drug-likeness (QED) is 0.826. The summed E-state index contributed by atoms with van der Waals surface area (Å²) in [5.74, 6) is -0.835. The SMILES string of the molecule is O=C(O)c1ccccc1[S][Hg]. The number of hydrogen-bond acceptors (Lipinski definition) is 2. The molecule has 0 atom stereocenters. The van der Waals surface area contributed by atoms with E-state index in [1.54, 1.807) is 20.4 Å². The number of rotatable bonds is 2. The second-order valence-electron chi connectivity index (χ2n) is 1.95. The molecule has 1 aromatic rings. The third-order valence-corrected chi connectivity index (χ3v) is 5.57. The minimum absolute atomic E-state index is 0.424. The summed E-state index contributed by atoms with van der Waals surface area (Å²) in [5.41, 5.74) is 0.424. The van der Waals surface area contributed by atoms with Gasteiger partial charge in [-0.3, -0.25) is 0 Å². The molecule has 0 aliphatic rings. The second-order valence-corrected chi connectivity index (χ2v) is 6.04. The molecule has 53 valence electrons. The summed E-state index contributed by atoms with van der Waals surface area (Å²) in [6.45, 7) is 0. The molecule has 0 spiro atoms. The Labute approximate surface area is 83.1 Å². The fourth-order valence-electron chi connectivity index (χ4n) is 0.769. The molecule has 1 N–H and O–H groups in total. The third-order valence-electron chi connectivity index (χ3n) is 1.27. The molecule has 1 aromatic carbocycles. The van der Waals surface area contributed by atoms with Gasteiger partial charge in [-0.15, -0.1) is 0 Å². The monoisotopic (exact) mass is 355 g/mol. The molecule has 0 fully saturated rings. The number of carbonyl (C=O) groups is 1. The average molecular weight is 354 g/mol. The van der Waals surface area contributed by atoms with Gasteiger partial charge >= 0.3 is 83.4 Å². The summed E-state index contributed by atoms with van der Waals surface area (Å²) in [6, 6.07) is 7.09. The zero-order valence-corrected chi connectivity index (χ0v) is 12.1. The van der Waals surface area contributed by atoms with Gasteiger partial charge in [-0.2, -0.15) is 0 Å². The van der Waals surface area contributed by atoms with E-state index in [0.29, 0.717) is 30.2 Å². The molecule has 0 radical (unpaired) electrons. The summed E-state index contributed by atoms with van der Waals surface area (Å²) in [5, 5.41) is 8.71. The molecule has 11 heavy (non-hydrogen) atoms. The fraction of sp³-hybridized carbons (Fsp3) is 0. The molecule has 0 saturated carbocycles. The molecule has 0 heterocycles. The van der Waals surface area contributed by atoms with Gasteiger partial charge in [0.05, 0.1) is 0 Å². The van der Waals surface area contributed by atoms with E-state index in [4.69, 9.17) is 5.11 Å². The van der Waals surface area contributed by atoms with Crippen LogP contribution in [0.15, 0.2) is 29.2 Å². The normalized spacial score (nSPS) is 9.64. The number of aromatic carboxylic acids is 1. The summed E-state index contributed by atoms with van der Waals surface area (Å²) in [6.07, 6.45) is 0. The van der Waals surface area contributed by atoms with Crippen LogP contribution in [0.1, 0.15) is 10.4 Å². The molecule has 0 bridgehead atoms. The molecule has 0 amide bonds. The Kier molecular flexibility index (Phi) is 3.39. The number of carboxylic acids is 1. The van der Waals surface area contributed by atoms with E-state index < -0.39 is 5.97 Å². The first-order valence-corrected chi connectivity index (χ1v) is 10.7. The van der Waals surface area contributed by atoms with Crippen LogP contribution in [0, 0.1) is 0 Å². The van der Waals surface area contributed by atoms with Crippen molar-refractivity contribution in [2.75, 3.05) is 0 Å². The Balaban J connectivity index is 3.12. The maximum atomic E-state index is 10.6. The molecule has 0 saturated heterocycles. The standard InChI is InChI=1S/C7H6O2S.Hg/c8-7(9)5-3-1-2-4-6(5)10;/h1-4,10H,(H,8,9);/q;+1/p-1. The summed E-state index contributed by atoms with van der Waals surface area (Å²) >= 11 is 0.549. The van der Waals surface area contributed by atoms with Crippen LogP contribution in [0.3, 0.4) is 0 Å². The van der Waals surface area contributed by atoms with E-state index in [0.717, 1.165) is 4.90 Å². The minimum atomic E-state index is -0.835. The van der Waals surface area contributed by atoms with Crippen molar-refractivity contribution in [2.45, 2.75) is 4.90 Å². The predicted molar refractivity (Wildman–Crippen MR) is 39.3 cm³/mol. The van der Waals surface area contributed by atoms with Crippen LogP contribution in [0.5, 0.6) is 0 Å². The number of benzene rings is 1. The summed E-state index contributed by atoms with van der Waals surface area (Å²) in [7, 11) is 1.64. The van der Waals surface area contributed by atoms with Gasteiger partial charge in [0.1, 0.15) is 0 Å². The van der Waals surface area contributed by atoms with E-state index in [9.17, 15) is 4.79 Å². The molecular weight excluding hydrogens is 349 g/mol. The van der Waals surface area contributed by atoms with E-state index in [2.05, 4.69) is 0 Å². The average Bonchev–Trinajstić information content (AvgIpc) is 2.04. The van der Waals surface area contributed by atoms with Gasteiger partial charge in [0.25, 0.3) is 0 Å². The molecule has 2 nitrogen and oxygen atoms in total. The van der Waals surface area contributed by atoms with Gasteiger partial charge in [-0.25, -0.2) is 0 Å². The molecule has 0 aliphatic carbocycles. The van der Waals surface area contributed by atoms with Crippen molar-refractivity contribution >= 4 is 14.2 Å². The van der Waals surface area contributed by atoms with Crippen molar-refractivity contribution in [3.05, 3.63) is 29.8 Å². The maximum absolute atomic E-state index is 10.6. The number of hydrogen-bond donors (Lipinski definition) is 1. The Morgan fingerprint density at radius 1 is 1.45 bits per heavy atom. The van der Waals surface area contributed by atoms with E-state index in [1.165, 1.54) is 0 Å². The van der Waals surface area contributed by atoms with Crippen molar-refractivity contribution in [2.24, 2.45) is 0 Å². The Morgan fingerprint density at radius 2 is 2.09 bits per heavy atom. The number of carboxylic acid groups (broad SMARTS) is 1.